The molecule has 0 radical (unpaired) electrons. The summed E-state index contributed by atoms with van der Waals surface area (Å²) in [6.45, 7) is 0.838. The predicted molar refractivity (Wildman–Crippen MR) is 87.7 cm³/mol. The Kier molecular flexibility index (Phi) is 3.34. The maximum atomic E-state index is 11.6. The van der Waals surface area contributed by atoms with Crippen LogP contribution >= 0.6 is 0 Å². The van der Waals surface area contributed by atoms with Gasteiger partial charge in [0, 0.05) is 0 Å². The van der Waals surface area contributed by atoms with Crippen molar-refractivity contribution in [3.8, 4) is 5.75 Å². The number of nitrogens with two attached hydrogens (primary N) is 1. The van der Waals surface area contributed by atoms with Gasteiger partial charge in [-0.1, -0.05) is 12.1 Å². The van der Waals surface area contributed by atoms with Crippen LogP contribution in [-0.4, -0.2) is 26.1 Å². The fraction of sp³-hybridized carbons (Fsp3) is 0.125. The average molecular weight is 323 g/mol. The summed E-state index contributed by atoms with van der Waals surface area (Å²) in [5.41, 5.74) is 7.01. The lowest BCUT2D eigenvalue weighted by Crippen LogP contribution is -2.09. The predicted octanol–water partition coefficient (Wildman–Crippen LogP) is 1.59. The maximum Gasteiger partial charge on any atom is 0.339 e. The third kappa shape index (κ3) is 2.43. The molecule has 0 atom stereocenters. The summed E-state index contributed by atoms with van der Waals surface area (Å²) in [4.78, 5) is 23.9. The van der Waals surface area contributed by atoms with Gasteiger partial charge in [-0.3, -0.25) is 0 Å². The molecule has 4 aromatic rings. The fourth-order valence-electron chi connectivity index (χ4n) is 2.52. The van der Waals surface area contributed by atoms with E-state index < -0.39 is 5.63 Å². The molecule has 3 heterocycles. The van der Waals surface area contributed by atoms with Crippen LogP contribution in [0, 0.1) is 0 Å². The normalized spacial score (nSPS) is 11.2. The Morgan fingerprint density at radius 3 is 3.00 bits per heavy atom. The molecule has 8 nitrogen and oxygen atoms in total. The second kappa shape index (κ2) is 5.65. The number of rotatable bonds is 4. The zero-order valence-electron chi connectivity index (χ0n) is 12.5. The van der Waals surface area contributed by atoms with Crippen LogP contribution in [-0.2, 0) is 6.54 Å². The molecule has 4 rings (SSSR count). The fourth-order valence-corrected chi connectivity index (χ4v) is 2.52. The Morgan fingerprint density at radius 2 is 2.08 bits per heavy atom. The minimum atomic E-state index is -0.447. The van der Waals surface area contributed by atoms with Crippen molar-refractivity contribution in [3.05, 3.63) is 53.4 Å². The first-order chi connectivity index (χ1) is 11.7. The number of aromatic nitrogens is 4. The van der Waals surface area contributed by atoms with Gasteiger partial charge in [-0.05, 0) is 12.1 Å². The second-order valence-corrected chi connectivity index (χ2v) is 5.14. The first-order valence-corrected chi connectivity index (χ1v) is 7.29. The molecule has 8 heteroatoms. The van der Waals surface area contributed by atoms with Crippen molar-refractivity contribution in [2.75, 3.05) is 12.3 Å². The number of imidazole rings is 1. The highest BCUT2D eigenvalue weighted by molar-refractivity contribution is 5.83. The van der Waals surface area contributed by atoms with Gasteiger partial charge in [-0.2, -0.15) is 0 Å². The first-order valence-electron chi connectivity index (χ1n) is 7.29. The van der Waals surface area contributed by atoms with E-state index in [2.05, 4.69) is 15.0 Å². The summed E-state index contributed by atoms with van der Waals surface area (Å²) >= 11 is 0. The molecule has 120 valence electrons. The van der Waals surface area contributed by atoms with Crippen molar-refractivity contribution in [1.82, 2.24) is 19.5 Å². The highest BCUT2D eigenvalue weighted by atomic mass is 16.5. The highest BCUT2D eigenvalue weighted by Crippen LogP contribution is 2.23. The topological polar surface area (TPSA) is 109 Å². The molecule has 0 unspecified atom stereocenters. The van der Waals surface area contributed by atoms with Gasteiger partial charge in [0.05, 0.1) is 24.3 Å². The van der Waals surface area contributed by atoms with E-state index in [0.29, 0.717) is 41.5 Å². The zero-order chi connectivity index (χ0) is 16.5. The third-order valence-electron chi connectivity index (χ3n) is 3.63. The van der Waals surface area contributed by atoms with Gasteiger partial charge >= 0.3 is 5.63 Å². The van der Waals surface area contributed by atoms with Gasteiger partial charge in [0.2, 0.25) is 0 Å². The van der Waals surface area contributed by atoms with E-state index in [1.165, 1.54) is 12.4 Å². The van der Waals surface area contributed by atoms with Gasteiger partial charge in [0.1, 0.15) is 29.8 Å². The average Bonchev–Trinajstić information content (AvgIpc) is 2.99. The number of fused-ring (bicyclic) bond motifs is 2. The van der Waals surface area contributed by atoms with Crippen molar-refractivity contribution < 1.29 is 9.15 Å². The van der Waals surface area contributed by atoms with E-state index in [4.69, 9.17) is 14.9 Å². The van der Waals surface area contributed by atoms with Crippen LogP contribution in [0.2, 0.25) is 0 Å². The van der Waals surface area contributed by atoms with E-state index in [9.17, 15) is 4.79 Å². The third-order valence-corrected chi connectivity index (χ3v) is 3.63. The van der Waals surface area contributed by atoms with Gasteiger partial charge in [0.25, 0.3) is 0 Å². The molecule has 0 saturated heterocycles. The Bertz CT molecular complexity index is 1090. The smallest absolute Gasteiger partial charge is 0.339 e. The molecule has 0 aliphatic rings. The lowest BCUT2D eigenvalue weighted by Gasteiger charge is -2.09. The van der Waals surface area contributed by atoms with Crippen molar-refractivity contribution in [3.63, 3.8) is 0 Å². The molecule has 0 bridgehead atoms. The van der Waals surface area contributed by atoms with Crippen LogP contribution in [0.4, 0.5) is 5.82 Å². The maximum absolute atomic E-state index is 11.6. The van der Waals surface area contributed by atoms with Crippen molar-refractivity contribution in [1.29, 1.82) is 0 Å². The summed E-state index contributed by atoms with van der Waals surface area (Å²) < 4.78 is 12.7. The quantitative estimate of drug-likeness (QED) is 0.568. The molecule has 2 N–H and O–H groups in total. The van der Waals surface area contributed by atoms with Gasteiger partial charge < -0.3 is 19.5 Å². The molecule has 0 spiro atoms. The number of nitrogens with zero attached hydrogens (tertiary/aromatic N) is 4. The summed E-state index contributed by atoms with van der Waals surface area (Å²) in [5, 5.41) is 0.749. The Morgan fingerprint density at radius 1 is 1.21 bits per heavy atom. The van der Waals surface area contributed by atoms with E-state index in [0.717, 1.165) is 5.39 Å². The van der Waals surface area contributed by atoms with Crippen molar-refractivity contribution in [2.45, 2.75) is 6.54 Å². The summed E-state index contributed by atoms with van der Waals surface area (Å²) in [6, 6.07) is 8.57. The first kappa shape index (κ1) is 14.2. The number of hydrogen-bond acceptors (Lipinski definition) is 7. The van der Waals surface area contributed by atoms with E-state index in [-0.39, 0.29) is 0 Å². The molecule has 0 amide bonds. The molecule has 0 saturated carbocycles. The Labute approximate surface area is 135 Å². The van der Waals surface area contributed by atoms with Crippen molar-refractivity contribution in [2.24, 2.45) is 0 Å². The monoisotopic (exact) mass is 323 g/mol. The molecule has 24 heavy (non-hydrogen) atoms. The minimum absolute atomic E-state index is 0.336. The van der Waals surface area contributed by atoms with Crippen LogP contribution in [0.25, 0.3) is 22.1 Å². The zero-order valence-corrected chi connectivity index (χ0v) is 12.5. The standard InChI is InChI=1S/C16H13N5O3/c17-15-14-16(19-8-18-15)21(9-20-14)5-6-23-12-7-13(22)24-11-4-2-1-3-10(11)12/h1-4,7-9H,5-6H2,(H2,17,18,19). The van der Waals surface area contributed by atoms with Crippen LogP contribution in [0.5, 0.6) is 5.75 Å². The number of ether oxygens (including phenoxy) is 1. The van der Waals surface area contributed by atoms with Gasteiger partial charge in [-0.25, -0.2) is 19.7 Å². The van der Waals surface area contributed by atoms with E-state index >= 15 is 0 Å². The number of para-hydroxylation sites is 1. The SMILES string of the molecule is Nc1ncnc2c1ncn2CCOc1cc(=O)oc2ccccc12. The molecule has 0 fully saturated rings. The highest BCUT2D eigenvalue weighted by Gasteiger charge is 2.09. The summed E-state index contributed by atoms with van der Waals surface area (Å²) in [7, 11) is 0. The van der Waals surface area contributed by atoms with E-state index in [1.54, 1.807) is 18.5 Å². The molecular weight excluding hydrogens is 310 g/mol. The molecule has 0 aliphatic carbocycles. The lowest BCUT2D eigenvalue weighted by atomic mass is 10.2. The second-order valence-electron chi connectivity index (χ2n) is 5.14. The number of benzene rings is 1. The Hall–Kier alpha value is -3.42. The molecule has 1 aromatic carbocycles. The van der Waals surface area contributed by atoms with Crippen LogP contribution in [0.1, 0.15) is 0 Å². The van der Waals surface area contributed by atoms with Crippen LogP contribution < -0.4 is 16.1 Å². The Balaban J connectivity index is 1.57. The van der Waals surface area contributed by atoms with Crippen LogP contribution in [0.15, 0.2) is 52.2 Å². The number of hydrogen-bond donors (Lipinski definition) is 1. The summed E-state index contributed by atoms with van der Waals surface area (Å²) in [5.74, 6) is 0.826. The lowest BCUT2D eigenvalue weighted by molar-refractivity contribution is 0.301. The molecule has 3 aromatic heterocycles. The molecular formula is C16H13N5O3. The van der Waals surface area contributed by atoms with Gasteiger partial charge in [0.15, 0.2) is 11.5 Å². The number of anilines is 1. The summed E-state index contributed by atoms with van der Waals surface area (Å²) in [6.07, 6.45) is 3.03. The largest absolute Gasteiger partial charge is 0.491 e. The van der Waals surface area contributed by atoms with E-state index in [1.807, 2.05) is 16.7 Å². The van der Waals surface area contributed by atoms with Crippen molar-refractivity contribution >= 4 is 28.0 Å². The molecule has 0 aliphatic heterocycles. The number of nitrogen functional groups attached to an aromatic ring is 1. The minimum Gasteiger partial charge on any atom is -0.491 e. The van der Waals surface area contributed by atoms with Gasteiger partial charge in [-0.15, -0.1) is 0 Å². The van der Waals surface area contributed by atoms with Crippen LogP contribution in [0.3, 0.4) is 0 Å².